The molecule has 1 unspecified atom stereocenters. The summed E-state index contributed by atoms with van der Waals surface area (Å²) < 4.78 is 5.46. The fourth-order valence-electron chi connectivity index (χ4n) is 3.34. The Morgan fingerprint density at radius 1 is 1.11 bits per heavy atom. The van der Waals surface area contributed by atoms with Gasteiger partial charge in [0.15, 0.2) is 5.82 Å². The molecule has 5 nitrogen and oxygen atoms in total. The monoisotopic (exact) mass is 381 g/mol. The fourth-order valence-corrected chi connectivity index (χ4v) is 3.67. The van der Waals surface area contributed by atoms with Gasteiger partial charge in [-0.05, 0) is 61.7 Å². The van der Waals surface area contributed by atoms with Crippen molar-refractivity contribution in [3.05, 3.63) is 63.9 Å². The molecule has 1 aliphatic rings. The lowest BCUT2D eigenvalue weighted by Gasteiger charge is -2.18. The van der Waals surface area contributed by atoms with Gasteiger partial charge in [0.1, 0.15) is 0 Å². The van der Waals surface area contributed by atoms with E-state index in [9.17, 15) is 4.79 Å². The first-order valence-corrected chi connectivity index (χ1v) is 9.28. The van der Waals surface area contributed by atoms with E-state index in [1.54, 1.807) is 4.90 Å². The summed E-state index contributed by atoms with van der Waals surface area (Å²) in [5.41, 5.74) is 5.06. The van der Waals surface area contributed by atoms with E-state index in [0.29, 0.717) is 29.7 Å². The molecule has 1 aliphatic heterocycles. The summed E-state index contributed by atoms with van der Waals surface area (Å²) in [6.45, 7) is 6.58. The van der Waals surface area contributed by atoms with Crippen LogP contribution in [0.2, 0.25) is 5.02 Å². The number of carbonyl (C=O) groups is 1. The van der Waals surface area contributed by atoms with Gasteiger partial charge in [0.05, 0.1) is 10.7 Å². The number of aryl methyl sites for hydroxylation is 3. The summed E-state index contributed by atoms with van der Waals surface area (Å²) in [4.78, 5) is 18.8. The molecule has 0 spiro atoms. The average Bonchev–Trinajstić information content (AvgIpc) is 3.25. The molecule has 0 N–H and O–H groups in total. The highest BCUT2D eigenvalue weighted by atomic mass is 35.5. The lowest BCUT2D eigenvalue weighted by atomic mass is 10.1. The van der Waals surface area contributed by atoms with Crippen LogP contribution in [0.25, 0.3) is 11.5 Å². The van der Waals surface area contributed by atoms with Crippen molar-refractivity contribution in [1.82, 2.24) is 10.1 Å². The van der Waals surface area contributed by atoms with Gasteiger partial charge in [0, 0.05) is 24.4 Å². The Labute approximate surface area is 163 Å². The van der Waals surface area contributed by atoms with Gasteiger partial charge in [0.2, 0.25) is 5.91 Å². The number of amides is 1. The molecule has 3 aromatic rings. The van der Waals surface area contributed by atoms with Crippen LogP contribution in [0.3, 0.4) is 0 Å². The molecule has 1 fully saturated rings. The molecule has 6 heteroatoms. The van der Waals surface area contributed by atoms with Crippen molar-refractivity contribution in [2.75, 3.05) is 11.4 Å². The maximum absolute atomic E-state index is 12.5. The molecule has 138 valence electrons. The Hall–Kier alpha value is -2.66. The molecule has 1 atom stereocenters. The number of carbonyl (C=O) groups excluding carboxylic acids is 1. The summed E-state index contributed by atoms with van der Waals surface area (Å²) in [6.07, 6.45) is 0.343. The number of aromatic nitrogens is 2. The molecule has 1 saturated heterocycles. The van der Waals surface area contributed by atoms with Gasteiger partial charge in [-0.3, -0.25) is 4.79 Å². The first kappa shape index (κ1) is 17.7. The molecule has 2 heterocycles. The van der Waals surface area contributed by atoms with Crippen molar-refractivity contribution in [2.45, 2.75) is 33.1 Å². The van der Waals surface area contributed by atoms with Gasteiger partial charge in [-0.15, -0.1) is 0 Å². The van der Waals surface area contributed by atoms with Crippen LogP contribution in [-0.2, 0) is 4.79 Å². The standard InChI is InChI=1S/C21H20ClN3O2/c1-12-4-7-18(17(22)8-12)25-11-16(10-19(25)26)20-23-21(27-24-20)15-6-5-13(2)14(3)9-15/h4-9,16H,10-11H2,1-3H3. The normalized spacial score (nSPS) is 17.0. The van der Waals surface area contributed by atoms with Crippen molar-refractivity contribution < 1.29 is 9.32 Å². The zero-order chi connectivity index (χ0) is 19.1. The van der Waals surface area contributed by atoms with Crippen LogP contribution < -0.4 is 4.90 Å². The lowest BCUT2D eigenvalue weighted by Crippen LogP contribution is -2.24. The molecular weight excluding hydrogens is 362 g/mol. The first-order valence-electron chi connectivity index (χ1n) is 8.90. The Morgan fingerprint density at radius 2 is 1.93 bits per heavy atom. The second-order valence-corrected chi connectivity index (χ2v) is 7.52. The van der Waals surface area contributed by atoms with E-state index < -0.39 is 0 Å². The van der Waals surface area contributed by atoms with E-state index >= 15 is 0 Å². The topological polar surface area (TPSA) is 59.2 Å². The highest BCUT2D eigenvalue weighted by Crippen LogP contribution is 2.35. The van der Waals surface area contributed by atoms with Gasteiger partial charge >= 0.3 is 0 Å². The van der Waals surface area contributed by atoms with Crippen LogP contribution in [0.15, 0.2) is 40.9 Å². The number of benzene rings is 2. The maximum Gasteiger partial charge on any atom is 0.257 e. The van der Waals surface area contributed by atoms with Crippen LogP contribution >= 0.6 is 11.6 Å². The predicted octanol–water partition coefficient (Wildman–Crippen LogP) is 4.84. The summed E-state index contributed by atoms with van der Waals surface area (Å²) >= 11 is 6.34. The minimum Gasteiger partial charge on any atom is -0.334 e. The third kappa shape index (κ3) is 3.35. The molecule has 0 radical (unpaired) electrons. The van der Waals surface area contributed by atoms with Crippen molar-refractivity contribution >= 4 is 23.2 Å². The van der Waals surface area contributed by atoms with Gasteiger partial charge < -0.3 is 9.42 Å². The molecule has 2 aromatic carbocycles. The lowest BCUT2D eigenvalue weighted by molar-refractivity contribution is -0.117. The van der Waals surface area contributed by atoms with E-state index in [2.05, 4.69) is 24.0 Å². The van der Waals surface area contributed by atoms with E-state index in [4.69, 9.17) is 16.1 Å². The summed E-state index contributed by atoms with van der Waals surface area (Å²) in [5.74, 6) is 0.942. The van der Waals surface area contributed by atoms with Gasteiger partial charge in [-0.25, -0.2) is 0 Å². The summed E-state index contributed by atoms with van der Waals surface area (Å²) in [7, 11) is 0. The van der Waals surface area contributed by atoms with Gasteiger partial charge in [-0.2, -0.15) is 4.98 Å². The van der Waals surface area contributed by atoms with Crippen molar-refractivity contribution in [3.8, 4) is 11.5 Å². The van der Waals surface area contributed by atoms with E-state index in [-0.39, 0.29) is 11.8 Å². The third-order valence-electron chi connectivity index (χ3n) is 5.08. The van der Waals surface area contributed by atoms with Crippen LogP contribution in [-0.4, -0.2) is 22.6 Å². The zero-order valence-electron chi connectivity index (χ0n) is 15.5. The van der Waals surface area contributed by atoms with E-state index in [1.165, 1.54) is 11.1 Å². The molecule has 1 aromatic heterocycles. The number of halogens is 1. The maximum atomic E-state index is 12.5. The highest BCUT2D eigenvalue weighted by molar-refractivity contribution is 6.34. The van der Waals surface area contributed by atoms with Crippen LogP contribution in [0.1, 0.15) is 34.9 Å². The van der Waals surface area contributed by atoms with Crippen molar-refractivity contribution in [2.24, 2.45) is 0 Å². The molecular formula is C21H20ClN3O2. The fraction of sp³-hybridized carbons (Fsp3) is 0.286. The first-order chi connectivity index (χ1) is 12.9. The van der Waals surface area contributed by atoms with Crippen molar-refractivity contribution in [3.63, 3.8) is 0 Å². The Morgan fingerprint density at radius 3 is 2.67 bits per heavy atom. The van der Waals surface area contributed by atoms with Crippen LogP contribution in [0.5, 0.6) is 0 Å². The molecule has 27 heavy (non-hydrogen) atoms. The number of nitrogens with zero attached hydrogens (tertiary/aromatic N) is 3. The highest BCUT2D eigenvalue weighted by Gasteiger charge is 2.35. The van der Waals surface area contributed by atoms with Gasteiger partial charge in [0.25, 0.3) is 5.89 Å². The van der Waals surface area contributed by atoms with E-state index in [1.807, 2.05) is 43.3 Å². The Bertz CT molecular complexity index is 1030. The Kier molecular flexibility index (Phi) is 4.48. The predicted molar refractivity (Wildman–Crippen MR) is 105 cm³/mol. The number of anilines is 1. The average molecular weight is 382 g/mol. The second kappa shape index (κ2) is 6.82. The number of hydrogen-bond donors (Lipinski definition) is 0. The van der Waals surface area contributed by atoms with Gasteiger partial charge in [-0.1, -0.05) is 28.9 Å². The SMILES string of the molecule is Cc1ccc(N2CC(c3noc(-c4ccc(C)c(C)c4)n3)CC2=O)c(Cl)c1. The van der Waals surface area contributed by atoms with Crippen LogP contribution in [0, 0.1) is 20.8 Å². The van der Waals surface area contributed by atoms with Crippen molar-refractivity contribution in [1.29, 1.82) is 0 Å². The quantitative estimate of drug-likeness (QED) is 0.651. The van der Waals surface area contributed by atoms with E-state index in [0.717, 1.165) is 16.8 Å². The molecule has 0 saturated carbocycles. The minimum absolute atomic E-state index is 0.0169. The smallest absolute Gasteiger partial charge is 0.257 e. The molecule has 1 amide bonds. The largest absolute Gasteiger partial charge is 0.334 e. The molecule has 0 aliphatic carbocycles. The van der Waals surface area contributed by atoms with Crippen LogP contribution in [0.4, 0.5) is 5.69 Å². The summed E-state index contributed by atoms with van der Waals surface area (Å²) in [5, 5.41) is 4.70. The zero-order valence-corrected chi connectivity index (χ0v) is 16.2. The molecule has 4 rings (SSSR count). The minimum atomic E-state index is -0.112. The second-order valence-electron chi connectivity index (χ2n) is 7.12. The summed E-state index contributed by atoms with van der Waals surface area (Å²) in [6, 6.07) is 11.7. The third-order valence-corrected chi connectivity index (χ3v) is 5.38. The number of rotatable bonds is 3. The Balaban J connectivity index is 1.57. The number of hydrogen-bond acceptors (Lipinski definition) is 4. The molecule has 0 bridgehead atoms.